The van der Waals surface area contributed by atoms with Gasteiger partial charge >= 0.3 is 0 Å². The molecule has 0 spiro atoms. The van der Waals surface area contributed by atoms with Crippen LogP contribution in [-0.4, -0.2) is 46.8 Å². The molecule has 4 atom stereocenters. The predicted octanol–water partition coefficient (Wildman–Crippen LogP) is 1.25. The third-order valence-corrected chi connectivity index (χ3v) is 6.17. The van der Waals surface area contributed by atoms with Gasteiger partial charge in [-0.15, -0.1) is 0 Å². The van der Waals surface area contributed by atoms with E-state index in [1.54, 1.807) is 0 Å². The fraction of sp³-hybridized carbons (Fsp3) is 0.857. The van der Waals surface area contributed by atoms with Crippen molar-refractivity contribution >= 4 is 11.8 Å². The highest BCUT2D eigenvalue weighted by atomic mass is 16.2. The molecule has 4 nitrogen and oxygen atoms in total. The van der Waals surface area contributed by atoms with E-state index in [1.165, 1.54) is 0 Å². The maximum Gasteiger partial charge on any atom is 0.228 e. The summed E-state index contributed by atoms with van der Waals surface area (Å²) in [6.07, 6.45) is 3.76. The minimum atomic E-state index is -0.277. The Labute approximate surface area is 108 Å². The molecule has 0 aromatic carbocycles. The molecule has 1 aliphatic carbocycles. The zero-order chi connectivity index (χ0) is 13.3. The third kappa shape index (κ3) is 1.12. The summed E-state index contributed by atoms with van der Waals surface area (Å²) in [5.41, 5.74) is -0.554. The van der Waals surface area contributed by atoms with Crippen molar-refractivity contribution in [2.75, 3.05) is 14.1 Å². The van der Waals surface area contributed by atoms with E-state index in [4.69, 9.17) is 0 Å². The van der Waals surface area contributed by atoms with Gasteiger partial charge in [0.25, 0.3) is 0 Å². The fourth-order valence-corrected chi connectivity index (χ4v) is 4.40. The van der Waals surface area contributed by atoms with Crippen LogP contribution in [0.1, 0.15) is 39.5 Å². The first-order chi connectivity index (χ1) is 8.32. The highest BCUT2D eigenvalue weighted by Crippen LogP contribution is 2.52. The normalized spacial score (nSPS) is 47.6. The van der Waals surface area contributed by atoms with Gasteiger partial charge < -0.3 is 9.80 Å². The van der Waals surface area contributed by atoms with Crippen LogP contribution in [-0.2, 0) is 9.59 Å². The summed E-state index contributed by atoms with van der Waals surface area (Å²) in [6.45, 7) is 4.18. The van der Waals surface area contributed by atoms with E-state index < -0.39 is 0 Å². The summed E-state index contributed by atoms with van der Waals surface area (Å²) in [5, 5.41) is 0. The molecule has 100 valence electrons. The Morgan fingerprint density at radius 3 is 1.56 bits per heavy atom. The van der Waals surface area contributed by atoms with Crippen molar-refractivity contribution in [3.05, 3.63) is 0 Å². The topological polar surface area (TPSA) is 40.6 Å². The number of carbonyl (C=O) groups excluding carboxylic acids is 2. The van der Waals surface area contributed by atoms with Crippen molar-refractivity contribution in [1.29, 1.82) is 0 Å². The van der Waals surface area contributed by atoms with Crippen LogP contribution < -0.4 is 0 Å². The molecule has 18 heavy (non-hydrogen) atoms. The zero-order valence-corrected chi connectivity index (χ0v) is 11.7. The third-order valence-electron chi connectivity index (χ3n) is 6.17. The van der Waals surface area contributed by atoms with Crippen LogP contribution in [0.2, 0.25) is 0 Å². The largest absolute Gasteiger partial charge is 0.339 e. The summed E-state index contributed by atoms with van der Waals surface area (Å²) in [5.74, 6) is 0.419. The van der Waals surface area contributed by atoms with Crippen molar-refractivity contribution in [3.8, 4) is 0 Å². The maximum atomic E-state index is 12.6. The smallest absolute Gasteiger partial charge is 0.228 e. The molecular formula is C14H22N2O2. The van der Waals surface area contributed by atoms with Gasteiger partial charge in [0.2, 0.25) is 11.8 Å². The average Bonchev–Trinajstić information content (AvgIpc) is 2.32. The van der Waals surface area contributed by atoms with E-state index >= 15 is 0 Å². The molecule has 1 saturated carbocycles. The maximum absolute atomic E-state index is 12.6. The highest BCUT2D eigenvalue weighted by Gasteiger charge is 2.61. The number of hydrogen-bond acceptors (Lipinski definition) is 2. The van der Waals surface area contributed by atoms with Gasteiger partial charge in [0.1, 0.15) is 0 Å². The van der Waals surface area contributed by atoms with E-state index in [2.05, 4.69) is 13.8 Å². The molecule has 4 bridgehead atoms. The number of amides is 2. The lowest BCUT2D eigenvalue weighted by molar-refractivity contribution is -0.182. The number of hydrogen-bond donors (Lipinski definition) is 0. The van der Waals surface area contributed by atoms with Gasteiger partial charge in [-0.05, 0) is 39.5 Å². The lowest BCUT2D eigenvalue weighted by Crippen LogP contribution is -2.73. The SMILES string of the molecule is CN1C(=O)[C@H]2CC[C@@]1(C)[C@@H]1CC[C@@]2(C)N(C)C1=O. The molecule has 6 aliphatic rings. The molecule has 5 aliphatic heterocycles. The second-order valence-corrected chi connectivity index (χ2v) is 6.69. The number of carbonyl (C=O) groups is 2. The van der Waals surface area contributed by atoms with E-state index in [0.29, 0.717) is 0 Å². The van der Waals surface area contributed by atoms with Crippen LogP contribution in [0.25, 0.3) is 0 Å². The second-order valence-electron chi connectivity index (χ2n) is 6.69. The number of rotatable bonds is 0. The summed E-state index contributed by atoms with van der Waals surface area (Å²) in [7, 11) is 3.76. The summed E-state index contributed by atoms with van der Waals surface area (Å²) >= 11 is 0. The first-order valence-electron chi connectivity index (χ1n) is 6.88. The Hall–Kier alpha value is -1.06. The van der Waals surface area contributed by atoms with Crippen molar-refractivity contribution in [2.45, 2.75) is 50.6 Å². The van der Waals surface area contributed by atoms with E-state index in [0.717, 1.165) is 25.7 Å². The van der Waals surface area contributed by atoms with Crippen LogP contribution in [0.3, 0.4) is 0 Å². The van der Waals surface area contributed by atoms with Crippen LogP contribution >= 0.6 is 0 Å². The molecule has 6 rings (SSSR count). The minimum absolute atomic E-state index is 0.0224. The van der Waals surface area contributed by atoms with Gasteiger partial charge in [0.15, 0.2) is 0 Å². The van der Waals surface area contributed by atoms with Crippen molar-refractivity contribution in [2.24, 2.45) is 11.8 Å². The average molecular weight is 250 g/mol. The van der Waals surface area contributed by atoms with Gasteiger partial charge in [-0.2, -0.15) is 0 Å². The molecule has 6 fully saturated rings. The molecule has 0 aromatic heterocycles. The lowest BCUT2D eigenvalue weighted by atomic mass is 9.60. The molecule has 0 N–H and O–H groups in total. The molecule has 0 aromatic rings. The number of nitrogens with zero attached hydrogens (tertiary/aromatic N) is 2. The Balaban J connectivity index is 2.18. The number of piperidine rings is 2. The summed E-state index contributed by atoms with van der Waals surface area (Å²) in [4.78, 5) is 28.9. The van der Waals surface area contributed by atoms with E-state index in [9.17, 15) is 9.59 Å². The van der Waals surface area contributed by atoms with Gasteiger partial charge in [0, 0.05) is 14.1 Å². The Morgan fingerprint density at radius 2 is 1.22 bits per heavy atom. The van der Waals surface area contributed by atoms with E-state index in [-0.39, 0.29) is 34.7 Å². The van der Waals surface area contributed by atoms with Gasteiger partial charge in [-0.3, -0.25) is 9.59 Å². The summed E-state index contributed by atoms with van der Waals surface area (Å²) < 4.78 is 0. The molecule has 5 saturated heterocycles. The molecule has 2 amide bonds. The molecule has 5 heterocycles. The molecule has 0 unspecified atom stereocenters. The van der Waals surface area contributed by atoms with Crippen LogP contribution in [0.15, 0.2) is 0 Å². The first kappa shape index (κ1) is 12.0. The van der Waals surface area contributed by atoms with E-state index in [1.807, 2.05) is 23.9 Å². The molecular weight excluding hydrogens is 228 g/mol. The van der Waals surface area contributed by atoms with Crippen LogP contribution in [0.4, 0.5) is 0 Å². The molecule has 0 radical (unpaired) electrons. The van der Waals surface area contributed by atoms with Crippen molar-refractivity contribution in [3.63, 3.8) is 0 Å². The zero-order valence-electron chi connectivity index (χ0n) is 11.7. The van der Waals surface area contributed by atoms with Gasteiger partial charge in [0.05, 0.1) is 22.9 Å². The van der Waals surface area contributed by atoms with Crippen LogP contribution in [0.5, 0.6) is 0 Å². The van der Waals surface area contributed by atoms with Gasteiger partial charge in [-0.25, -0.2) is 0 Å². The lowest BCUT2D eigenvalue weighted by Gasteiger charge is -2.61. The first-order valence-corrected chi connectivity index (χ1v) is 6.88. The Bertz CT molecular complexity index is 396. The predicted molar refractivity (Wildman–Crippen MR) is 67.8 cm³/mol. The monoisotopic (exact) mass is 250 g/mol. The second kappa shape index (κ2) is 3.28. The highest BCUT2D eigenvalue weighted by molar-refractivity contribution is 5.89. The van der Waals surface area contributed by atoms with Gasteiger partial charge in [-0.1, -0.05) is 0 Å². The fourth-order valence-electron chi connectivity index (χ4n) is 4.40. The van der Waals surface area contributed by atoms with Crippen molar-refractivity contribution < 1.29 is 9.59 Å². The standard InChI is InChI=1S/C14H22N2O2/c1-13-7-5-10(12(18)15(13)3)14(2)8-6-9(13)11(17)16(14)4/h9-10H,5-8H2,1-4H3/t9-,10-,13-,14+/m1/s1. The van der Waals surface area contributed by atoms with Crippen LogP contribution in [0, 0.1) is 11.8 Å². The minimum Gasteiger partial charge on any atom is -0.339 e. The Kier molecular flexibility index (Phi) is 2.19. The molecule has 4 heteroatoms. The summed E-state index contributed by atoms with van der Waals surface area (Å²) in [6, 6.07) is 0. The van der Waals surface area contributed by atoms with Crippen molar-refractivity contribution in [1.82, 2.24) is 9.80 Å². The Morgan fingerprint density at radius 1 is 0.889 bits per heavy atom. The quantitative estimate of drug-likeness (QED) is 0.649.